The van der Waals surface area contributed by atoms with Crippen LogP contribution in [0.5, 0.6) is 5.88 Å². The largest absolute Gasteiger partial charge is 0.477 e. The number of amides is 3. The van der Waals surface area contributed by atoms with Gasteiger partial charge in [0.15, 0.2) is 0 Å². The zero-order valence-electron chi connectivity index (χ0n) is 23.5. The van der Waals surface area contributed by atoms with Gasteiger partial charge in [0.2, 0.25) is 11.8 Å². The average molecular weight is 530 g/mol. The molecule has 210 valence electrons. The van der Waals surface area contributed by atoms with Gasteiger partial charge in [-0.25, -0.2) is 9.48 Å². The second kappa shape index (κ2) is 11.0. The molecule has 4 aliphatic rings. The lowest BCUT2D eigenvalue weighted by Crippen LogP contribution is -2.60. The van der Waals surface area contributed by atoms with Crippen LogP contribution in [-0.4, -0.2) is 59.5 Å². The predicted octanol–water partition coefficient (Wildman–Crippen LogP) is 3.58. The first-order valence-corrected chi connectivity index (χ1v) is 13.7. The number of rotatable bonds is 10. The van der Waals surface area contributed by atoms with Crippen molar-refractivity contribution in [3.63, 3.8) is 0 Å². The number of hydrogen-bond donors (Lipinski definition) is 3. The summed E-state index contributed by atoms with van der Waals surface area (Å²) in [6.07, 6.45) is 9.92. The minimum atomic E-state index is -0.590. The maximum atomic E-state index is 13.6. The first-order valence-electron chi connectivity index (χ1n) is 13.7. The number of carbonyl (C=O) groups excluding carboxylic acids is 3. The van der Waals surface area contributed by atoms with Crippen molar-refractivity contribution in [1.29, 1.82) is 0 Å². The Morgan fingerprint density at radius 2 is 1.89 bits per heavy atom. The van der Waals surface area contributed by atoms with E-state index in [-0.39, 0.29) is 35.3 Å². The molecule has 1 aromatic heterocycles. The third-order valence-corrected chi connectivity index (χ3v) is 8.09. The van der Waals surface area contributed by atoms with E-state index in [0.29, 0.717) is 42.4 Å². The van der Waals surface area contributed by atoms with E-state index in [1.165, 1.54) is 6.92 Å². The first-order chi connectivity index (χ1) is 17.9. The van der Waals surface area contributed by atoms with Gasteiger partial charge in [-0.3, -0.25) is 9.59 Å². The lowest BCUT2D eigenvalue weighted by molar-refractivity contribution is -0.120. The molecule has 38 heavy (non-hydrogen) atoms. The topological polar surface area (TPSA) is 124 Å². The van der Waals surface area contributed by atoms with Gasteiger partial charge >= 0.3 is 6.09 Å². The molecule has 4 saturated carbocycles. The van der Waals surface area contributed by atoms with Crippen LogP contribution in [0, 0.1) is 29.1 Å². The van der Waals surface area contributed by atoms with E-state index in [1.807, 2.05) is 19.9 Å². The molecule has 3 N–H and O–H groups in total. The molecule has 0 spiro atoms. The Labute approximate surface area is 225 Å². The molecule has 4 fully saturated rings. The minimum absolute atomic E-state index is 0.0200. The molecular weight excluding hydrogens is 486 g/mol. The highest BCUT2D eigenvalue weighted by Gasteiger charge is 2.56. The van der Waals surface area contributed by atoms with Crippen LogP contribution in [0.4, 0.5) is 4.79 Å². The van der Waals surface area contributed by atoms with Crippen molar-refractivity contribution >= 4 is 24.1 Å². The molecular formula is C28H43N5O5. The van der Waals surface area contributed by atoms with Crippen LogP contribution in [-0.2, 0) is 9.53 Å². The summed E-state index contributed by atoms with van der Waals surface area (Å²) < 4.78 is 13.1. The number of aromatic nitrogens is 2. The standard InChI is InChI=1S/C28H43N5O5/c1-17(2)15-37-25-22(14-30-33(25)8-7-27(4,5)32-18(3)34)24(35)31-23-20-9-19-10-21(23)13-28(11-19,12-20)16-38-26(36)29-6/h7-8,14,17,19-21,23H,9-13,15-16H2,1-6H3,(H,29,36)(H,31,35)(H,32,34)/b8-7+. The van der Waals surface area contributed by atoms with E-state index in [1.54, 1.807) is 24.1 Å². The fraction of sp³-hybridized carbons (Fsp3) is 0.714. The molecule has 4 bridgehead atoms. The number of ether oxygens (including phenoxy) is 2. The van der Waals surface area contributed by atoms with Gasteiger partial charge in [0.05, 0.1) is 24.9 Å². The van der Waals surface area contributed by atoms with Gasteiger partial charge in [0.25, 0.3) is 5.91 Å². The fourth-order valence-corrected chi connectivity index (χ4v) is 6.88. The SMILES string of the molecule is CNC(=O)OCC12CC3CC(C1)C(NC(=O)c1cnn(/C=C/C(C)(C)NC(C)=O)c1OCC(C)C)C(C3)C2. The molecule has 4 aliphatic carbocycles. The highest BCUT2D eigenvalue weighted by Crippen LogP contribution is 2.60. The van der Waals surface area contributed by atoms with Gasteiger partial charge in [-0.2, -0.15) is 5.10 Å². The van der Waals surface area contributed by atoms with Crippen LogP contribution >= 0.6 is 0 Å². The lowest BCUT2D eigenvalue weighted by Gasteiger charge is -2.59. The summed E-state index contributed by atoms with van der Waals surface area (Å²) in [4.78, 5) is 36.8. The van der Waals surface area contributed by atoms with Crippen molar-refractivity contribution in [2.45, 2.75) is 78.3 Å². The molecule has 10 heteroatoms. The lowest BCUT2D eigenvalue weighted by atomic mass is 9.48. The Kier molecular flexibility index (Phi) is 8.09. The van der Waals surface area contributed by atoms with E-state index in [2.05, 4.69) is 34.9 Å². The summed E-state index contributed by atoms with van der Waals surface area (Å²) in [6.45, 7) is 10.2. The van der Waals surface area contributed by atoms with Crippen molar-refractivity contribution in [1.82, 2.24) is 25.7 Å². The zero-order valence-corrected chi connectivity index (χ0v) is 23.5. The number of alkyl carbamates (subject to hydrolysis) is 1. The van der Waals surface area contributed by atoms with Gasteiger partial charge < -0.3 is 25.4 Å². The Morgan fingerprint density at radius 1 is 1.21 bits per heavy atom. The number of carbonyl (C=O) groups is 3. The average Bonchev–Trinajstić information content (AvgIpc) is 3.24. The van der Waals surface area contributed by atoms with Crippen LogP contribution in [0.25, 0.3) is 6.20 Å². The Bertz CT molecular complexity index is 1060. The van der Waals surface area contributed by atoms with Gasteiger partial charge in [0.1, 0.15) is 5.56 Å². The third kappa shape index (κ3) is 6.32. The minimum Gasteiger partial charge on any atom is -0.477 e. The highest BCUT2D eigenvalue weighted by molar-refractivity contribution is 5.96. The molecule has 0 saturated heterocycles. The Hall–Kier alpha value is -3.04. The molecule has 0 aliphatic heterocycles. The van der Waals surface area contributed by atoms with Crippen LogP contribution in [0.1, 0.15) is 77.1 Å². The monoisotopic (exact) mass is 529 g/mol. The summed E-state index contributed by atoms with van der Waals surface area (Å²) in [7, 11) is 1.58. The summed E-state index contributed by atoms with van der Waals surface area (Å²) in [6, 6.07) is 0.0858. The third-order valence-electron chi connectivity index (χ3n) is 8.09. The smallest absolute Gasteiger partial charge is 0.406 e. The number of nitrogens with one attached hydrogen (secondary N) is 3. The van der Waals surface area contributed by atoms with Crippen LogP contribution in [0.2, 0.25) is 0 Å². The van der Waals surface area contributed by atoms with Crippen molar-refractivity contribution in [3.05, 3.63) is 17.8 Å². The Morgan fingerprint density at radius 3 is 2.50 bits per heavy atom. The van der Waals surface area contributed by atoms with Gasteiger partial charge in [-0.15, -0.1) is 0 Å². The highest BCUT2D eigenvalue weighted by atomic mass is 16.5. The quantitative estimate of drug-likeness (QED) is 0.426. The molecule has 10 nitrogen and oxygen atoms in total. The van der Waals surface area contributed by atoms with Crippen molar-refractivity contribution in [3.8, 4) is 5.88 Å². The van der Waals surface area contributed by atoms with Crippen LogP contribution in [0.3, 0.4) is 0 Å². The van der Waals surface area contributed by atoms with E-state index in [9.17, 15) is 14.4 Å². The molecule has 0 radical (unpaired) electrons. The van der Waals surface area contributed by atoms with E-state index in [4.69, 9.17) is 9.47 Å². The Balaban J connectivity index is 1.49. The van der Waals surface area contributed by atoms with Gasteiger partial charge in [0, 0.05) is 31.6 Å². The second-order valence-electron chi connectivity index (χ2n) is 12.5. The van der Waals surface area contributed by atoms with E-state index < -0.39 is 5.54 Å². The second-order valence-corrected chi connectivity index (χ2v) is 12.5. The molecule has 0 aromatic carbocycles. The van der Waals surface area contributed by atoms with Crippen molar-refractivity contribution in [2.75, 3.05) is 20.3 Å². The summed E-state index contributed by atoms with van der Waals surface area (Å²) in [5.41, 5.74) is -0.168. The van der Waals surface area contributed by atoms with Gasteiger partial charge in [-0.1, -0.05) is 13.8 Å². The van der Waals surface area contributed by atoms with Crippen molar-refractivity contribution < 1.29 is 23.9 Å². The number of nitrogens with zero attached hydrogens (tertiary/aromatic N) is 2. The maximum Gasteiger partial charge on any atom is 0.406 e. The van der Waals surface area contributed by atoms with Gasteiger partial charge in [-0.05, 0) is 75.7 Å². The molecule has 2 atom stereocenters. The molecule has 2 unspecified atom stereocenters. The summed E-state index contributed by atoms with van der Waals surface area (Å²) in [5.74, 6) is 1.71. The summed E-state index contributed by atoms with van der Waals surface area (Å²) in [5, 5.41) is 13.2. The maximum absolute atomic E-state index is 13.6. The molecule has 1 heterocycles. The van der Waals surface area contributed by atoms with E-state index >= 15 is 0 Å². The molecule has 1 aromatic rings. The first kappa shape index (κ1) is 28.0. The number of hydrogen-bond acceptors (Lipinski definition) is 6. The molecule has 5 rings (SSSR count). The van der Waals surface area contributed by atoms with E-state index in [0.717, 1.165) is 32.1 Å². The molecule has 3 amide bonds. The predicted molar refractivity (Wildman–Crippen MR) is 143 cm³/mol. The fourth-order valence-electron chi connectivity index (χ4n) is 6.88. The van der Waals surface area contributed by atoms with Crippen molar-refractivity contribution in [2.24, 2.45) is 29.1 Å². The normalized spacial score (nSPS) is 28.0. The van der Waals surface area contributed by atoms with Crippen LogP contribution in [0.15, 0.2) is 12.3 Å². The zero-order chi connectivity index (χ0) is 27.7. The van der Waals surface area contributed by atoms with Crippen LogP contribution < -0.4 is 20.7 Å². The summed E-state index contributed by atoms with van der Waals surface area (Å²) >= 11 is 0.